The van der Waals surface area contributed by atoms with Gasteiger partial charge in [-0.05, 0) is 37.4 Å². The zero-order valence-corrected chi connectivity index (χ0v) is 11.5. The SMILES string of the molecule is C[C@@H]1CCN[C@@H](c2nc(-c3cccc(Cl)c3)no2)C1. The molecule has 0 spiro atoms. The first-order valence-corrected chi connectivity index (χ1v) is 6.93. The molecule has 5 heteroatoms. The van der Waals surface area contributed by atoms with Crippen molar-refractivity contribution in [3.8, 4) is 11.4 Å². The van der Waals surface area contributed by atoms with Crippen LogP contribution in [0.5, 0.6) is 0 Å². The van der Waals surface area contributed by atoms with Crippen molar-refractivity contribution >= 4 is 11.6 Å². The Hall–Kier alpha value is -1.39. The summed E-state index contributed by atoms with van der Waals surface area (Å²) < 4.78 is 5.38. The van der Waals surface area contributed by atoms with Crippen LogP contribution in [0.25, 0.3) is 11.4 Å². The maximum Gasteiger partial charge on any atom is 0.244 e. The van der Waals surface area contributed by atoms with Crippen LogP contribution in [0.15, 0.2) is 28.8 Å². The normalized spacial score (nSPS) is 23.5. The fraction of sp³-hybridized carbons (Fsp3) is 0.429. The van der Waals surface area contributed by atoms with Crippen LogP contribution >= 0.6 is 11.6 Å². The molecule has 0 bridgehead atoms. The molecule has 0 unspecified atom stereocenters. The van der Waals surface area contributed by atoms with Gasteiger partial charge in [0, 0.05) is 10.6 Å². The number of piperidine rings is 1. The van der Waals surface area contributed by atoms with Crippen molar-refractivity contribution in [3.05, 3.63) is 35.2 Å². The van der Waals surface area contributed by atoms with E-state index >= 15 is 0 Å². The van der Waals surface area contributed by atoms with E-state index in [2.05, 4.69) is 22.4 Å². The highest BCUT2D eigenvalue weighted by atomic mass is 35.5. The highest BCUT2D eigenvalue weighted by molar-refractivity contribution is 6.30. The Morgan fingerprint density at radius 1 is 1.42 bits per heavy atom. The van der Waals surface area contributed by atoms with Crippen LogP contribution in [0.3, 0.4) is 0 Å². The zero-order chi connectivity index (χ0) is 13.2. The number of benzene rings is 1. The van der Waals surface area contributed by atoms with Crippen molar-refractivity contribution in [2.45, 2.75) is 25.8 Å². The summed E-state index contributed by atoms with van der Waals surface area (Å²) in [7, 11) is 0. The Balaban J connectivity index is 1.83. The lowest BCUT2D eigenvalue weighted by molar-refractivity contribution is 0.260. The van der Waals surface area contributed by atoms with Gasteiger partial charge < -0.3 is 9.84 Å². The molecule has 3 rings (SSSR count). The Bertz CT molecular complexity index is 569. The molecular formula is C14H16ClN3O. The van der Waals surface area contributed by atoms with E-state index in [9.17, 15) is 0 Å². The van der Waals surface area contributed by atoms with Crippen LogP contribution in [0, 0.1) is 5.92 Å². The van der Waals surface area contributed by atoms with Gasteiger partial charge in [0.1, 0.15) is 0 Å². The van der Waals surface area contributed by atoms with Gasteiger partial charge in [0.25, 0.3) is 0 Å². The summed E-state index contributed by atoms with van der Waals surface area (Å²) in [4.78, 5) is 4.48. The molecule has 2 atom stereocenters. The third kappa shape index (κ3) is 2.80. The maximum absolute atomic E-state index is 5.97. The molecule has 2 heterocycles. The lowest BCUT2D eigenvalue weighted by Crippen LogP contribution is -2.30. The molecule has 0 amide bonds. The monoisotopic (exact) mass is 277 g/mol. The number of nitrogens with one attached hydrogen (secondary N) is 1. The van der Waals surface area contributed by atoms with Crippen molar-refractivity contribution in [2.75, 3.05) is 6.54 Å². The minimum absolute atomic E-state index is 0.171. The van der Waals surface area contributed by atoms with Crippen molar-refractivity contribution in [1.29, 1.82) is 0 Å². The van der Waals surface area contributed by atoms with Gasteiger partial charge in [-0.1, -0.05) is 35.8 Å². The second-order valence-electron chi connectivity index (χ2n) is 5.10. The molecule has 19 heavy (non-hydrogen) atoms. The minimum atomic E-state index is 0.171. The molecule has 100 valence electrons. The Kier molecular flexibility index (Phi) is 3.53. The Labute approximate surface area is 117 Å². The van der Waals surface area contributed by atoms with Gasteiger partial charge in [-0.25, -0.2) is 0 Å². The number of halogens is 1. The molecular weight excluding hydrogens is 262 g/mol. The molecule has 0 radical (unpaired) electrons. The van der Waals surface area contributed by atoms with Crippen LogP contribution in [-0.4, -0.2) is 16.7 Å². The molecule has 1 saturated heterocycles. The molecule has 1 aromatic carbocycles. The summed E-state index contributed by atoms with van der Waals surface area (Å²) in [6, 6.07) is 7.65. The number of nitrogens with zero attached hydrogens (tertiary/aromatic N) is 2. The maximum atomic E-state index is 5.97. The predicted molar refractivity (Wildman–Crippen MR) is 73.9 cm³/mol. The Morgan fingerprint density at radius 2 is 2.32 bits per heavy atom. The first-order valence-electron chi connectivity index (χ1n) is 6.55. The number of hydrogen-bond donors (Lipinski definition) is 1. The highest BCUT2D eigenvalue weighted by Crippen LogP contribution is 2.27. The third-order valence-corrected chi connectivity index (χ3v) is 3.72. The summed E-state index contributed by atoms with van der Waals surface area (Å²) >= 11 is 5.97. The van der Waals surface area contributed by atoms with Crippen LogP contribution < -0.4 is 5.32 Å². The molecule has 0 aliphatic carbocycles. The lowest BCUT2D eigenvalue weighted by Gasteiger charge is -2.25. The largest absolute Gasteiger partial charge is 0.337 e. The standard InChI is InChI=1S/C14H16ClN3O/c1-9-5-6-16-12(7-9)14-17-13(18-19-14)10-3-2-4-11(15)8-10/h2-4,8-9,12,16H,5-7H2,1H3/t9-,12-/m1/s1. The van der Waals surface area contributed by atoms with E-state index in [1.165, 1.54) is 6.42 Å². The van der Waals surface area contributed by atoms with Crippen molar-refractivity contribution in [2.24, 2.45) is 5.92 Å². The summed E-state index contributed by atoms with van der Waals surface area (Å²) in [5.74, 6) is 1.95. The first-order chi connectivity index (χ1) is 9.22. The smallest absolute Gasteiger partial charge is 0.244 e. The van der Waals surface area contributed by atoms with Gasteiger partial charge in [-0.15, -0.1) is 0 Å². The molecule has 1 aromatic heterocycles. The molecule has 2 aromatic rings. The lowest BCUT2D eigenvalue weighted by atomic mass is 9.94. The summed E-state index contributed by atoms with van der Waals surface area (Å²) in [6.45, 7) is 3.25. The summed E-state index contributed by atoms with van der Waals surface area (Å²) in [5, 5.41) is 8.14. The van der Waals surface area contributed by atoms with E-state index < -0.39 is 0 Å². The highest BCUT2D eigenvalue weighted by Gasteiger charge is 2.24. The van der Waals surface area contributed by atoms with E-state index in [4.69, 9.17) is 16.1 Å². The van der Waals surface area contributed by atoms with Crippen molar-refractivity contribution in [1.82, 2.24) is 15.5 Å². The second kappa shape index (κ2) is 5.31. The zero-order valence-electron chi connectivity index (χ0n) is 10.8. The van der Waals surface area contributed by atoms with Crippen LogP contribution in [0.4, 0.5) is 0 Å². The number of hydrogen-bond acceptors (Lipinski definition) is 4. The van der Waals surface area contributed by atoms with Crippen LogP contribution in [-0.2, 0) is 0 Å². The van der Waals surface area contributed by atoms with Crippen LogP contribution in [0.2, 0.25) is 5.02 Å². The average Bonchev–Trinajstić information content (AvgIpc) is 2.88. The van der Waals surface area contributed by atoms with E-state index in [1.54, 1.807) is 0 Å². The molecule has 0 saturated carbocycles. The third-order valence-electron chi connectivity index (χ3n) is 3.49. The summed E-state index contributed by atoms with van der Waals surface area (Å²) in [6.07, 6.45) is 2.24. The number of aromatic nitrogens is 2. The van der Waals surface area contributed by atoms with Gasteiger partial charge >= 0.3 is 0 Å². The fourth-order valence-electron chi connectivity index (χ4n) is 2.42. The molecule has 1 aliphatic heterocycles. The van der Waals surface area contributed by atoms with E-state index in [1.807, 2.05) is 24.3 Å². The molecule has 4 nitrogen and oxygen atoms in total. The number of rotatable bonds is 2. The first kappa shape index (κ1) is 12.6. The van der Waals surface area contributed by atoms with Gasteiger partial charge in [0.15, 0.2) is 0 Å². The Morgan fingerprint density at radius 3 is 3.11 bits per heavy atom. The second-order valence-corrected chi connectivity index (χ2v) is 5.54. The van der Waals surface area contributed by atoms with Gasteiger partial charge in [-0.2, -0.15) is 4.98 Å². The van der Waals surface area contributed by atoms with Crippen LogP contribution in [0.1, 0.15) is 31.7 Å². The minimum Gasteiger partial charge on any atom is -0.337 e. The topological polar surface area (TPSA) is 51.0 Å². The predicted octanol–water partition coefficient (Wildman–Crippen LogP) is 3.45. The van der Waals surface area contributed by atoms with Gasteiger partial charge in [-0.3, -0.25) is 0 Å². The quantitative estimate of drug-likeness (QED) is 0.913. The van der Waals surface area contributed by atoms with Gasteiger partial charge in [0.05, 0.1) is 6.04 Å². The van der Waals surface area contributed by atoms with E-state index in [-0.39, 0.29) is 6.04 Å². The molecule has 1 N–H and O–H groups in total. The summed E-state index contributed by atoms with van der Waals surface area (Å²) in [5.41, 5.74) is 0.881. The fourth-order valence-corrected chi connectivity index (χ4v) is 2.61. The van der Waals surface area contributed by atoms with E-state index in [0.717, 1.165) is 18.5 Å². The van der Waals surface area contributed by atoms with Crippen molar-refractivity contribution in [3.63, 3.8) is 0 Å². The van der Waals surface area contributed by atoms with Crippen molar-refractivity contribution < 1.29 is 4.52 Å². The van der Waals surface area contributed by atoms with Gasteiger partial charge in [0.2, 0.25) is 11.7 Å². The van der Waals surface area contributed by atoms with E-state index in [0.29, 0.717) is 22.7 Å². The molecule has 1 fully saturated rings. The molecule has 1 aliphatic rings. The average molecular weight is 278 g/mol.